The van der Waals surface area contributed by atoms with E-state index in [1.807, 2.05) is 0 Å². The minimum Gasteiger partial charge on any atom is -0.481 e. The fraction of sp³-hybridized carbons (Fsp3) is 0.250. The van der Waals surface area contributed by atoms with Crippen LogP contribution in [-0.4, -0.2) is 16.9 Å². The van der Waals surface area contributed by atoms with Crippen LogP contribution in [-0.2, 0) is 4.79 Å². The van der Waals surface area contributed by atoms with E-state index in [0.717, 1.165) is 0 Å². The normalized spacial score (nSPS) is 21.0. The van der Waals surface area contributed by atoms with Gasteiger partial charge in [-0.2, -0.15) is 0 Å². The van der Waals surface area contributed by atoms with Crippen molar-refractivity contribution in [1.29, 1.82) is 0 Å². The van der Waals surface area contributed by atoms with Crippen LogP contribution in [0.1, 0.15) is 27.6 Å². The molecule has 0 amide bonds. The quantitative estimate of drug-likeness (QED) is 0.716. The van der Waals surface area contributed by atoms with E-state index < -0.39 is 11.9 Å². The zero-order valence-corrected chi connectivity index (χ0v) is 6.93. The Hall–Kier alpha value is -1.16. The van der Waals surface area contributed by atoms with Crippen molar-refractivity contribution in [3.63, 3.8) is 0 Å². The Balaban J connectivity index is 2.48. The first kappa shape index (κ1) is 7.49. The van der Waals surface area contributed by atoms with Crippen molar-refractivity contribution in [2.75, 3.05) is 0 Å². The molecule has 0 fully saturated rings. The lowest BCUT2D eigenvalue weighted by Gasteiger charge is -1.98. The number of aliphatic carboxylic acids is 1. The molecule has 1 atom stereocenters. The maximum Gasteiger partial charge on any atom is 0.312 e. The highest BCUT2D eigenvalue weighted by atomic mass is 32.1. The summed E-state index contributed by atoms with van der Waals surface area (Å²) in [5.74, 6) is -1.53. The Morgan fingerprint density at radius 1 is 1.67 bits per heavy atom. The second kappa shape index (κ2) is 2.42. The summed E-state index contributed by atoms with van der Waals surface area (Å²) in [4.78, 5) is 22.6. The third-order valence-corrected chi connectivity index (χ3v) is 3.03. The Labute approximate surface area is 72.6 Å². The molecule has 3 nitrogen and oxygen atoms in total. The SMILES string of the molecule is O=C1CC(C(=O)O)c2sccc21. The van der Waals surface area contributed by atoms with Crippen molar-refractivity contribution in [1.82, 2.24) is 0 Å². The van der Waals surface area contributed by atoms with E-state index in [0.29, 0.717) is 10.4 Å². The molecule has 0 bridgehead atoms. The molecule has 0 aromatic carbocycles. The fourth-order valence-corrected chi connectivity index (χ4v) is 2.42. The smallest absolute Gasteiger partial charge is 0.312 e. The molecule has 1 heterocycles. The Bertz CT molecular complexity index is 353. The van der Waals surface area contributed by atoms with Crippen LogP contribution in [0.3, 0.4) is 0 Å². The van der Waals surface area contributed by atoms with Crippen LogP contribution >= 0.6 is 11.3 Å². The van der Waals surface area contributed by atoms with Gasteiger partial charge in [0.25, 0.3) is 0 Å². The van der Waals surface area contributed by atoms with Crippen molar-refractivity contribution >= 4 is 23.1 Å². The summed E-state index contributed by atoms with van der Waals surface area (Å²) in [5.41, 5.74) is 0.604. The molecule has 1 unspecified atom stereocenters. The summed E-state index contributed by atoms with van der Waals surface area (Å²) in [7, 11) is 0. The van der Waals surface area contributed by atoms with Gasteiger partial charge in [0.2, 0.25) is 0 Å². The highest BCUT2D eigenvalue weighted by Crippen LogP contribution is 2.36. The van der Waals surface area contributed by atoms with Crippen LogP contribution in [0.15, 0.2) is 11.4 Å². The third-order valence-electron chi connectivity index (χ3n) is 2.00. The van der Waals surface area contributed by atoms with Crippen LogP contribution in [0, 0.1) is 0 Å². The van der Waals surface area contributed by atoms with Gasteiger partial charge in [0, 0.05) is 16.9 Å². The van der Waals surface area contributed by atoms with Gasteiger partial charge in [-0.25, -0.2) is 0 Å². The molecule has 0 aliphatic heterocycles. The van der Waals surface area contributed by atoms with Gasteiger partial charge in [-0.15, -0.1) is 11.3 Å². The van der Waals surface area contributed by atoms with E-state index in [2.05, 4.69) is 0 Å². The van der Waals surface area contributed by atoms with Crippen molar-refractivity contribution < 1.29 is 14.7 Å². The van der Waals surface area contributed by atoms with Crippen LogP contribution in [0.25, 0.3) is 0 Å². The van der Waals surface area contributed by atoms with Gasteiger partial charge in [0.05, 0.1) is 5.92 Å². The number of fused-ring (bicyclic) bond motifs is 1. The first-order valence-electron chi connectivity index (χ1n) is 3.53. The molecular formula is C8H6O3S. The number of hydrogen-bond acceptors (Lipinski definition) is 3. The topological polar surface area (TPSA) is 54.4 Å². The number of carboxylic acid groups (broad SMARTS) is 1. The molecule has 2 rings (SSSR count). The van der Waals surface area contributed by atoms with Crippen LogP contribution in [0.4, 0.5) is 0 Å². The van der Waals surface area contributed by atoms with E-state index in [4.69, 9.17) is 5.11 Å². The average molecular weight is 182 g/mol. The lowest BCUT2D eigenvalue weighted by Crippen LogP contribution is -2.07. The highest BCUT2D eigenvalue weighted by Gasteiger charge is 2.35. The molecule has 1 aromatic rings. The molecule has 0 saturated carbocycles. The van der Waals surface area contributed by atoms with E-state index in [-0.39, 0.29) is 12.2 Å². The molecule has 1 aliphatic rings. The number of hydrogen-bond donors (Lipinski definition) is 1. The molecule has 0 radical (unpaired) electrons. The lowest BCUT2D eigenvalue weighted by molar-refractivity contribution is -0.138. The number of carboxylic acids is 1. The van der Waals surface area contributed by atoms with E-state index >= 15 is 0 Å². The van der Waals surface area contributed by atoms with Crippen LogP contribution < -0.4 is 0 Å². The van der Waals surface area contributed by atoms with Gasteiger partial charge in [0.1, 0.15) is 0 Å². The number of carbonyl (C=O) groups excluding carboxylic acids is 1. The molecule has 0 spiro atoms. The summed E-state index contributed by atoms with van der Waals surface area (Å²) in [6.07, 6.45) is 0.136. The van der Waals surface area contributed by atoms with Gasteiger partial charge in [-0.1, -0.05) is 0 Å². The summed E-state index contributed by atoms with van der Waals surface area (Å²) >= 11 is 1.35. The molecule has 1 aliphatic carbocycles. The monoisotopic (exact) mass is 182 g/mol. The third kappa shape index (κ3) is 0.881. The van der Waals surface area contributed by atoms with Gasteiger partial charge in [0.15, 0.2) is 5.78 Å². The zero-order chi connectivity index (χ0) is 8.72. The number of thiophene rings is 1. The second-order valence-electron chi connectivity index (χ2n) is 2.72. The number of ketones is 1. The molecule has 4 heteroatoms. The second-order valence-corrected chi connectivity index (χ2v) is 3.66. The van der Waals surface area contributed by atoms with E-state index in [1.54, 1.807) is 11.4 Å². The Morgan fingerprint density at radius 2 is 2.42 bits per heavy atom. The average Bonchev–Trinajstić information content (AvgIpc) is 2.53. The van der Waals surface area contributed by atoms with E-state index in [9.17, 15) is 9.59 Å². The summed E-state index contributed by atoms with van der Waals surface area (Å²) in [6, 6.07) is 1.70. The minimum atomic E-state index is -0.899. The number of carbonyl (C=O) groups is 2. The highest BCUT2D eigenvalue weighted by molar-refractivity contribution is 7.10. The molecule has 1 N–H and O–H groups in total. The standard InChI is InChI=1S/C8H6O3S/c9-6-3-5(8(10)11)7-4(6)1-2-12-7/h1-2,5H,3H2,(H,10,11). The first-order chi connectivity index (χ1) is 5.70. The maximum absolute atomic E-state index is 11.2. The van der Waals surface area contributed by atoms with E-state index in [1.165, 1.54) is 11.3 Å². The van der Waals surface area contributed by atoms with Crippen LogP contribution in [0.5, 0.6) is 0 Å². The number of Topliss-reactive ketones (excluding diaryl/α,β-unsaturated/α-hetero) is 1. The molecular weight excluding hydrogens is 176 g/mol. The predicted molar refractivity (Wildman–Crippen MR) is 43.6 cm³/mol. The van der Waals surface area contributed by atoms with Crippen LogP contribution in [0.2, 0.25) is 0 Å². The van der Waals surface area contributed by atoms with Gasteiger partial charge in [-0.05, 0) is 11.4 Å². The van der Waals surface area contributed by atoms with Crippen molar-refractivity contribution in [3.8, 4) is 0 Å². The summed E-state index contributed by atoms with van der Waals surface area (Å²) in [5, 5.41) is 10.5. The maximum atomic E-state index is 11.2. The van der Waals surface area contributed by atoms with Gasteiger partial charge < -0.3 is 5.11 Å². The minimum absolute atomic E-state index is 0.0429. The summed E-state index contributed by atoms with van der Waals surface area (Å²) < 4.78 is 0. The largest absolute Gasteiger partial charge is 0.481 e. The molecule has 0 saturated heterocycles. The van der Waals surface area contributed by atoms with Crippen molar-refractivity contribution in [3.05, 3.63) is 21.9 Å². The number of rotatable bonds is 1. The lowest BCUT2D eigenvalue weighted by atomic mass is 10.1. The van der Waals surface area contributed by atoms with Gasteiger partial charge in [-0.3, -0.25) is 9.59 Å². The molecule has 12 heavy (non-hydrogen) atoms. The first-order valence-corrected chi connectivity index (χ1v) is 4.41. The summed E-state index contributed by atoms with van der Waals surface area (Å²) in [6.45, 7) is 0. The fourth-order valence-electron chi connectivity index (χ4n) is 1.41. The zero-order valence-electron chi connectivity index (χ0n) is 6.11. The molecule has 62 valence electrons. The Kier molecular flexibility index (Phi) is 1.51. The van der Waals surface area contributed by atoms with Gasteiger partial charge >= 0.3 is 5.97 Å². The van der Waals surface area contributed by atoms with Crippen molar-refractivity contribution in [2.24, 2.45) is 0 Å². The Morgan fingerprint density at radius 3 is 3.08 bits per heavy atom. The predicted octanol–water partition coefficient (Wildman–Crippen LogP) is 1.50. The molecule has 1 aromatic heterocycles. The van der Waals surface area contributed by atoms with Crippen molar-refractivity contribution in [2.45, 2.75) is 12.3 Å².